The molecular formula is C14H16BrNO2S3. The van der Waals surface area contributed by atoms with Gasteiger partial charge in [0.1, 0.15) is 4.21 Å². The molecular weight excluding hydrogens is 390 g/mol. The van der Waals surface area contributed by atoms with Crippen LogP contribution in [-0.4, -0.2) is 8.42 Å². The van der Waals surface area contributed by atoms with Gasteiger partial charge in [-0.05, 0) is 57.6 Å². The first-order chi connectivity index (χ1) is 10.1. The minimum atomic E-state index is -3.48. The Kier molecular flexibility index (Phi) is 4.85. The second-order valence-corrected chi connectivity index (χ2v) is 9.87. The van der Waals surface area contributed by atoms with E-state index in [9.17, 15) is 8.42 Å². The summed E-state index contributed by atoms with van der Waals surface area (Å²) in [6, 6.07) is 5.68. The molecule has 0 amide bonds. The lowest BCUT2D eigenvalue weighted by Crippen LogP contribution is -2.32. The smallest absolute Gasteiger partial charge is 0.206 e. The highest BCUT2D eigenvalue weighted by molar-refractivity contribution is 9.10. The van der Waals surface area contributed by atoms with E-state index in [1.807, 2.05) is 17.5 Å². The Morgan fingerprint density at radius 3 is 2.52 bits per heavy atom. The third-order valence-electron chi connectivity index (χ3n) is 3.83. The number of hydrogen-bond acceptors (Lipinski definition) is 4. The molecule has 1 aliphatic rings. The van der Waals surface area contributed by atoms with E-state index in [2.05, 4.69) is 20.7 Å². The SMILES string of the molecule is O=S(=O)(NC(c1cccs1)C1CCCC1)c1sccc1Br. The van der Waals surface area contributed by atoms with Gasteiger partial charge in [-0.15, -0.1) is 22.7 Å². The predicted octanol–water partition coefficient (Wildman–Crippen LogP) is 4.78. The lowest BCUT2D eigenvalue weighted by Gasteiger charge is -2.23. The summed E-state index contributed by atoms with van der Waals surface area (Å²) in [5.74, 6) is 0.400. The van der Waals surface area contributed by atoms with Crippen LogP contribution in [0.2, 0.25) is 0 Å². The number of rotatable bonds is 5. The molecule has 2 aromatic rings. The second kappa shape index (κ2) is 6.50. The van der Waals surface area contributed by atoms with Crippen LogP contribution in [0.1, 0.15) is 36.6 Å². The maximum atomic E-state index is 12.7. The van der Waals surface area contributed by atoms with Gasteiger partial charge in [-0.25, -0.2) is 13.1 Å². The van der Waals surface area contributed by atoms with Crippen LogP contribution in [0.25, 0.3) is 0 Å². The van der Waals surface area contributed by atoms with Crippen molar-refractivity contribution >= 4 is 48.6 Å². The summed E-state index contributed by atoms with van der Waals surface area (Å²) in [5.41, 5.74) is 0. The maximum absolute atomic E-state index is 12.7. The van der Waals surface area contributed by atoms with Crippen molar-refractivity contribution in [1.82, 2.24) is 4.72 Å². The van der Waals surface area contributed by atoms with Crippen molar-refractivity contribution in [3.05, 3.63) is 38.3 Å². The van der Waals surface area contributed by atoms with Crippen molar-refractivity contribution in [2.45, 2.75) is 35.9 Å². The number of nitrogens with one attached hydrogen (secondary N) is 1. The molecule has 3 nitrogen and oxygen atoms in total. The summed E-state index contributed by atoms with van der Waals surface area (Å²) >= 11 is 6.19. The Morgan fingerprint density at radius 1 is 1.19 bits per heavy atom. The number of thiophene rings is 2. The van der Waals surface area contributed by atoms with Gasteiger partial charge in [0.05, 0.1) is 6.04 Å². The van der Waals surface area contributed by atoms with Crippen LogP contribution in [0.3, 0.4) is 0 Å². The lowest BCUT2D eigenvalue weighted by molar-refractivity contribution is 0.416. The number of sulfonamides is 1. The summed E-state index contributed by atoms with van der Waals surface area (Å²) in [4.78, 5) is 1.11. The van der Waals surface area contributed by atoms with Crippen LogP contribution < -0.4 is 4.72 Å². The molecule has 21 heavy (non-hydrogen) atoms. The molecule has 1 atom stereocenters. The Balaban J connectivity index is 1.89. The average molecular weight is 406 g/mol. The first-order valence-corrected chi connectivity index (χ1v) is 10.9. The van der Waals surface area contributed by atoms with E-state index < -0.39 is 10.0 Å². The summed E-state index contributed by atoms with van der Waals surface area (Å²) < 4.78 is 29.2. The van der Waals surface area contributed by atoms with Crippen molar-refractivity contribution in [1.29, 1.82) is 0 Å². The highest BCUT2D eigenvalue weighted by atomic mass is 79.9. The highest BCUT2D eigenvalue weighted by Crippen LogP contribution is 2.39. The molecule has 0 spiro atoms. The van der Waals surface area contributed by atoms with Gasteiger partial charge in [0.15, 0.2) is 0 Å². The molecule has 7 heteroatoms. The summed E-state index contributed by atoms with van der Waals surface area (Å²) in [6.07, 6.45) is 4.57. The van der Waals surface area contributed by atoms with E-state index in [-0.39, 0.29) is 6.04 Å². The van der Waals surface area contributed by atoms with Crippen LogP contribution in [0.15, 0.2) is 37.6 Å². The van der Waals surface area contributed by atoms with Crippen molar-refractivity contribution in [3.63, 3.8) is 0 Å². The minimum Gasteiger partial charge on any atom is -0.206 e. The Hall–Kier alpha value is -0.210. The molecule has 1 aliphatic carbocycles. The summed E-state index contributed by atoms with van der Waals surface area (Å²) in [6.45, 7) is 0. The van der Waals surface area contributed by atoms with Crippen molar-refractivity contribution in [2.24, 2.45) is 5.92 Å². The van der Waals surface area contributed by atoms with Crippen LogP contribution >= 0.6 is 38.6 Å². The molecule has 1 N–H and O–H groups in total. The molecule has 0 bridgehead atoms. The minimum absolute atomic E-state index is 0.105. The Bertz CT molecular complexity index is 688. The van der Waals surface area contributed by atoms with Gasteiger partial charge < -0.3 is 0 Å². The maximum Gasteiger partial charge on any atom is 0.251 e. The van der Waals surface area contributed by atoms with Gasteiger partial charge >= 0.3 is 0 Å². The van der Waals surface area contributed by atoms with Crippen LogP contribution in [0.4, 0.5) is 0 Å². The molecule has 0 aliphatic heterocycles. The van der Waals surface area contributed by atoms with E-state index >= 15 is 0 Å². The van der Waals surface area contributed by atoms with Crippen LogP contribution in [0, 0.1) is 5.92 Å². The third-order valence-corrected chi connectivity index (χ3v) is 8.90. The topological polar surface area (TPSA) is 46.2 Å². The molecule has 1 unspecified atom stereocenters. The van der Waals surface area contributed by atoms with Crippen LogP contribution in [0.5, 0.6) is 0 Å². The Morgan fingerprint density at radius 2 is 1.95 bits per heavy atom. The summed E-state index contributed by atoms with van der Waals surface area (Å²) in [7, 11) is -3.48. The van der Waals surface area contributed by atoms with Crippen molar-refractivity contribution in [3.8, 4) is 0 Å². The van der Waals surface area contributed by atoms with Crippen LogP contribution in [-0.2, 0) is 10.0 Å². The molecule has 114 valence electrons. The molecule has 0 radical (unpaired) electrons. The van der Waals surface area contributed by atoms with E-state index in [4.69, 9.17) is 0 Å². The van der Waals surface area contributed by atoms with Gasteiger partial charge in [0, 0.05) is 9.35 Å². The van der Waals surface area contributed by atoms with Gasteiger partial charge in [-0.3, -0.25) is 0 Å². The monoisotopic (exact) mass is 405 g/mol. The number of hydrogen-bond donors (Lipinski definition) is 1. The summed E-state index contributed by atoms with van der Waals surface area (Å²) in [5, 5.41) is 3.79. The molecule has 0 saturated heterocycles. The fourth-order valence-corrected chi connectivity index (χ4v) is 7.42. The first-order valence-electron chi connectivity index (χ1n) is 6.86. The molecule has 0 aromatic carbocycles. The molecule has 1 fully saturated rings. The van der Waals surface area contributed by atoms with E-state index in [1.54, 1.807) is 22.8 Å². The van der Waals surface area contributed by atoms with Gasteiger partial charge in [-0.1, -0.05) is 18.9 Å². The Labute approximate surface area is 141 Å². The highest BCUT2D eigenvalue weighted by Gasteiger charge is 2.32. The number of halogens is 1. The van der Waals surface area contributed by atoms with E-state index in [0.29, 0.717) is 14.6 Å². The van der Waals surface area contributed by atoms with Crippen molar-refractivity contribution in [2.75, 3.05) is 0 Å². The molecule has 2 heterocycles. The van der Waals surface area contributed by atoms with Gasteiger partial charge in [0.25, 0.3) is 10.0 Å². The van der Waals surface area contributed by atoms with E-state index in [0.717, 1.165) is 17.7 Å². The van der Waals surface area contributed by atoms with Crippen molar-refractivity contribution < 1.29 is 8.42 Å². The molecule has 2 aromatic heterocycles. The van der Waals surface area contributed by atoms with Gasteiger partial charge in [-0.2, -0.15) is 0 Å². The van der Waals surface area contributed by atoms with Gasteiger partial charge in [0.2, 0.25) is 0 Å². The second-order valence-electron chi connectivity index (χ2n) is 5.21. The third kappa shape index (κ3) is 3.42. The lowest BCUT2D eigenvalue weighted by atomic mass is 9.98. The molecule has 1 saturated carbocycles. The molecule has 3 rings (SSSR count). The fraction of sp³-hybridized carbons (Fsp3) is 0.429. The van der Waals surface area contributed by atoms with E-state index in [1.165, 1.54) is 24.2 Å². The zero-order valence-corrected chi connectivity index (χ0v) is 15.3. The largest absolute Gasteiger partial charge is 0.251 e. The standard InChI is InChI=1S/C14H16BrNO2S3/c15-11-7-9-20-14(11)21(17,18)16-13(10-4-1-2-5-10)12-6-3-8-19-12/h3,6-10,13,16H,1-2,4-5H2. The zero-order valence-electron chi connectivity index (χ0n) is 11.3. The zero-order chi connectivity index (χ0) is 14.9. The average Bonchev–Trinajstić information content (AvgIpc) is 3.18. The quantitative estimate of drug-likeness (QED) is 0.777. The first kappa shape index (κ1) is 15.7. The predicted molar refractivity (Wildman–Crippen MR) is 91.4 cm³/mol. The fourth-order valence-electron chi connectivity index (χ4n) is 2.84. The normalized spacial score (nSPS) is 18.1.